The molecule has 3 rings (SSSR count). The molecular weight excluding hydrogens is 286 g/mol. The van der Waals surface area contributed by atoms with E-state index in [0.717, 1.165) is 38.3 Å². The van der Waals surface area contributed by atoms with Crippen LogP contribution < -0.4 is 10.6 Å². The van der Waals surface area contributed by atoms with E-state index in [0.29, 0.717) is 6.54 Å². The topological polar surface area (TPSA) is 56.7 Å². The number of hydrogen-bond acceptors (Lipinski definition) is 2. The maximum atomic E-state index is 10.2. The summed E-state index contributed by atoms with van der Waals surface area (Å²) >= 11 is 0. The van der Waals surface area contributed by atoms with Gasteiger partial charge in [0.05, 0.1) is 12.1 Å². The molecule has 0 spiro atoms. The summed E-state index contributed by atoms with van der Waals surface area (Å²) < 4.78 is 0. The Morgan fingerprint density at radius 3 is 2.30 bits per heavy atom. The minimum Gasteiger partial charge on any atom is -0.388 e. The zero-order valence-electron chi connectivity index (χ0n) is 14.1. The highest BCUT2D eigenvalue weighted by Crippen LogP contribution is 2.43. The number of rotatable bonds is 6. The van der Waals surface area contributed by atoms with Gasteiger partial charge in [-0.1, -0.05) is 36.8 Å². The lowest BCUT2D eigenvalue weighted by Gasteiger charge is -2.43. The van der Waals surface area contributed by atoms with Crippen LogP contribution >= 0.6 is 0 Å². The quantitative estimate of drug-likeness (QED) is 0.559. The average Bonchev–Trinajstić information content (AvgIpc) is 2.50. The zero-order valence-corrected chi connectivity index (χ0v) is 14.1. The summed E-state index contributed by atoms with van der Waals surface area (Å²) in [4.78, 5) is 4.61. The first-order valence-electron chi connectivity index (χ1n) is 8.96. The van der Waals surface area contributed by atoms with Crippen LogP contribution in [0.3, 0.4) is 0 Å². The third-order valence-electron chi connectivity index (χ3n) is 5.45. The molecule has 0 aliphatic heterocycles. The summed E-state index contributed by atoms with van der Waals surface area (Å²) in [5.41, 5.74) is 1.10. The van der Waals surface area contributed by atoms with E-state index >= 15 is 0 Å². The molecular formula is C19H29N3O. The van der Waals surface area contributed by atoms with Crippen LogP contribution in [0.1, 0.15) is 51.0 Å². The van der Waals surface area contributed by atoms with Crippen LogP contribution in [0.2, 0.25) is 0 Å². The highest BCUT2D eigenvalue weighted by molar-refractivity contribution is 5.80. The molecule has 0 aromatic heterocycles. The summed E-state index contributed by atoms with van der Waals surface area (Å²) in [6.07, 6.45) is 6.63. The lowest BCUT2D eigenvalue weighted by Crippen LogP contribution is -2.49. The third-order valence-corrected chi connectivity index (χ3v) is 5.45. The van der Waals surface area contributed by atoms with Crippen molar-refractivity contribution in [1.29, 1.82) is 0 Å². The Hall–Kier alpha value is -1.55. The number of benzene rings is 1. The van der Waals surface area contributed by atoms with Crippen molar-refractivity contribution in [2.45, 2.75) is 56.5 Å². The number of aliphatic imine (C=N–C) groups is 1. The Bertz CT molecular complexity index is 533. The molecule has 1 aromatic rings. The summed E-state index contributed by atoms with van der Waals surface area (Å²) in [5, 5.41) is 17.0. The highest BCUT2D eigenvalue weighted by atomic mass is 16.3. The number of nitrogens with zero attached hydrogens (tertiary/aromatic N) is 1. The number of hydrogen-bond donors (Lipinski definition) is 3. The number of guanidine groups is 1. The van der Waals surface area contributed by atoms with Crippen molar-refractivity contribution in [3.05, 3.63) is 35.9 Å². The largest absolute Gasteiger partial charge is 0.388 e. The summed E-state index contributed by atoms with van der Waals surface area (Å²) in [6, 6.07) is 10.8. The molecule has 3 N–H and O–H groups in total. The molecule has 4 nitrogen and oxygen atoms in total. The Labute approximate surface area is 139 Å². The maximum Gasteiger partial charge on any atom is 0.191 e. The molecule has 0 bridgehead atoms. The molecule has 0 amide bonds. The van der Waals surface area contributed by atoms with Gasteiger partial charge in [0.1, 0.15) is 0 Å². The van der Waals surface area contributed by atoms with Crippen molar-refractivity contribution >= 4 is 5.96 Å². The maximum absolute atomic E-state index is 10.2. The lowest BCUT2D eigenvalue weighted by atomic mass is 9.64. The van der Waals surface area contributed by atoms with Crippen molar-refractivity contribution in [2.24, 2.45) is 4.99 Å². The van der Waals surface area contributed by atoms with E-state index < -0.39 is 5.60 Å². The van der Waals surface area contributed by atoms with E-state index in [2.05, 4.69) is 52.9 Å². The second kappa shape index (κ2) is 6.91. The SMILES string of the molecule is CCNC(=NCC1(O)CCC1)NCC1(c2ccccc2)CCC1. The Kier molecular flexibility index (Phi) is 4.90. The minimum absolute atomic E-state index is 0.241. The van der Waals surface area contributed by atoms with Crippen LogP contribution in [-0.4, -0.2) is 36.3 Å². The molecule has 2 aliphatic rings. The Morgan fingerprint density at radius 2 is 1.78 bits per heavy atom. The lowest BCUT2D eigenvalue weighted by molar-refractivity contribution is -0.0236. The molecule has 4 heteroatoms. The monoisotopic (exact) mass is 315 g/mol. The van der Waals surface area contributed by atoms with Crippen LogP contribution in [0.5, 0.6) is 0 Å². The van der Waals surface area contributed by atoms with Crippen LogP contribution in [0.25, 0.3) is 0 Å². The molecule has 0 saturated heterocycles. The first kappa shape index (κ1) is 16.3. The standard InChI is InChI=1S/C19H29N3O/c1-2-20-17(22-15-19(23)12-7-13-19)21-14-18(10-6-11-18)16-8-4-3-5-9-16/h3-5,8-9,23H,2,6-7,10-15H2,1H3,(H2,20,21,22). The fraction of sp³-hybridized carbons (Fsp3) is 0.632. The van der Waals surface area contributed by atoms with Gasteiger partial charge in [-0.05, 0) is 44.6 Å². The third kappa shape index (κ3) is 3.69. The van der Waals surface area contributed by atoms with Gasteiger partial charge in [-0.15, -0.1) is 0 Å². The average molecular weight is 315 g/mol. The van der Waals surface area contributed by atoms with Gasteiger partial charge in [0.2, 0.25) is 0 Å². The molecule has 0 heterocycles. The van der Waals surface area contributed by atoms with Crippen molar-refractivity contribution in [3.8, 4) is 0 Å². The molecule has 1 aromatic carbocycles. The summed E-state index contributed by atoms with van der Waals surface area (Å²) in [7, 11) is 0. The van der Waals surface area contributed by atoms with Crippen molar-refractivity contribution in [2.75, 3.05) is 19.6 Å². The van der Waals surface area contributed by atoms with Gasteiger partial charge in [0.15, 0.2) is 5.96 Å². The van der Waals surface area contributed by atoms with Gasteiger partial charge < -0.3 is 15.7 Å². The second-order valence-electron chi connectivity index (χ2n) is 7.13. The highest BCUT2D eigenvalue weighted by Gasteiger charge is 2.38. The molecule has 0 atom stereocenters. The van der Waals surface area contributed by atoms with E-state index in [1.54, 1.807) is 0 Å². The molecule has 0 radical (unpaired) electrons. The van der Waals surface area contributed by atoms with Crippen molar-refractivity contribution in [1.82, 2.24) is 10.6 Å². The van der Waals surface area contributed by atoms with E-state index in [-0.39, 0.29) is 5.41 Å². The van der Waals surface area contributed by atoms with E-state index in [9.17, 15) is 5.11 Å². The predicted octanol–water partition coefficient (Wildman–Crippen LogP) is 2.58. The van der Waals surface area contributed by atoms with Crippen molar-refractivity contribution in [3.63, 3.8) is 0 Å². The first-order chi connectivity index (χ1) is 11.2. The van der Waals surface area contributed by atoms with Gasteiger partial charge in [-0.25, -0.2) is 0 Å². The summed E-state index contributed by atoms with van der Waals surface area (Å²) in [5.74, 6) is 0.829. The van der Waals surface area contributed by atoms with E-state index in [4.69, 9.17) is 0 Å². The Balaban J connectivity index is 1.62. The molecule has 23 heavy (non-hydrogen) atoms. The Morgan fingerprint density at radius 1 is 1.09 bits per heavy atom. The normalized spacial score (nSPS) is 21.9. The predicted molar refractivity (Wildman–Crippen MR) is 94.8 cm³/mol. The second-order valence-corrected chi connectivity index (χ2v) is 7.13. The molecule has 2 saturated carbocycles. The van der Waals surface area contributed by atoms with Crippen LogP contribution in [0.4, 0.5) is 0 Å². The first-order valence-corrected chi connectivity index (χ1v) is 8.96. The van der Waals surface area contributed by atoms with Gasteiger partial charge in [-0.2, -0.15) is 0 Å². The van der Waals surface area contributed by atoms with Gasteiger partial charge in [0.25, 0.3) is 0 Å². The fourth-order valence-corrected chi connectivity index (χ4v) is 3.53. The van der Waals surface area contributed by atoms with Crippen LogP contribution in [0.15, 0.2) is 35.3 Å². The fourth-order valence-electron chi connectivity index (χ4n) is 3.53. The zero-order chi connectivity index (χ0) is 16.2. The van der Waals surface area contributed by atoms with Crippen LogP contribution in [-0.2, 0) is 5.41 Å². The number of nitrogens with one attached hydrogen (secondary N) is 2. The van der Waals surface area contributed by atoms with E-state index in [1.807, 2.05) is 0 Å². The molecule has 126 valence electrons. The smallest absolute Gasteiger partial charge is 0.191 e. The van der Waals surface area contributed by atoms with E-state index in [1.165, 1.54) is 24.8 Å². The summed E-state index contributed by atoms with van der Waals surface area (Å²) in [6.45, 7) is 4.32. The minimum atomic E-state index is -0.560. The van der Waals surface area contributed by atoms with Gasteiger partial charge in [-0.3, -0.25) is 4.99 Å². The van der Waals surface area contributed by atoms with Crippen molar-refractivity contribution < 1.29 is 5.11 Å². The van der Waals surface area contributed by atoms with Gasteiger partial charge >= 0.3 is 0 Å². The molecule has 0 unspecified atom stereocenters. The van der Waals surface area contributed by atoms with Crippen LogP contribution in [0, 0.1) is 0 Å². The molecule has 2 aliphatic carbocycles. The molecule has 2 fully saturated rings. The van der Waals surface area contributed by atoms with Gasteiger partial charge in [0, 0.05) is 18.5 Å². The number of aliphatic hydroxyl groups is 1.